The topological polar surface area (TPSA) is 53.6 Å². The van der Waals surface area contributed by atoms with E-state index in [-0.39, 0.29) is 0 Å². The van der Waals surface area contributed by atoms with Crippen LogP contribution in [0.3, 0.4) is 0 Å². The first-order valence-corrected chi connectivity index (χ1v) is 5.13. The number of rotatable bonds is 1. The van der Waals surface area contributed by atoms with Crippen LogP contribution in [0.15, 0.2) is 35.4 Å². The van der Waals surface area contributed by atoms with Gasteiger partial charge in [-0.15, -0.1) is 0 Å². The molecule has 0 aromatic heterocycles. The van der Waals surface area contributed by atoms with Crippen molar-refractivity contribution in [2.24, 2.45) is 10.8 Å². The Labute approximate surface area is 93.8 Å². The second-order valence-electron chi connectivity index (χ2n) is 3.26. The third-order valence-corrected chi connectivity index (χ3v) is 2.40. The van der Waals surface area contributed by atoms with Crippen LogP contribution in [0.1, 0.15) is 6.42 Å². The van der Waals surface area contributed by atoms with Gasteiger partial charge in [-0.05, 0) is 24.4 Å². The fourth-order valence-electron chi connectivity index (χ4n) is 1.33. The normalized spacial score (nSPS) is 14.9. The van der Waals surface area contributed by atoms with Crippen molar-refractivity contribution >= 4 is 28.9 Å². The van der Waals surface area contributed by atoms with E-state index in [9.17, 15) is 0 Å². The summed E-state index contributed by atoms with van der Waals surface area (Å²) in [7, 11) is 0. The van der Waals surface area contributed by atoms with E-state index in [1.165, 1.54) is 0 Å². The van der Waals surface area contributed by atoms with Gasteiger partial charge >= 0.3 is 0 Å². The highest BCUT2D eigenvalue weighted by molar-refractivity contribution is 7.80. The minimum atomic E-state index is 0.585. The van der Waals surface area contributed by atoms with Gasteiger partial charge in [0.1, 0.15) is 5.84 Å². The van der Waals surface area contributed by atoms with Gasteiger partial charge in [-0.25, -0.2) is 5.01 Å². The molecule has 78 valence electrons. The largest absolute Gasteiger partial charge is 0.386 e. The molecule has 0 saturated heterocycles. The summed E-state index contributed by atoms with van der Waals surface area (Å²) in [6, 6.07) is 9.77. The van der Waals surface area contributed by atoms with E-state index < -0.39 is 0 Å². The lowest BCUT2D eigenvalue weighted by Gasteiger charge is -2.15. The highest BCUT2D eigenvalue weighted by Gasteiger charge is 2.15. The maximum atomic E-state index is 5.58. The van der Waals surface area contributed by atoms with Crippen molar-refractivity contribution in [3.63, 3.8) is 0 Å². The van der Waals surface area contributed by atoms with Gasteiger partial charge in [-0.2, -0.15) is 5.10 Å². The minimum Gasteiger partial charge on any atom is -0.386 e. The van der Waals surface area contributed by atoms with E-state index in [0.717, 1.165) is 18.7 Å². The number of anilines is 1. The van der Waals surface area contributed by atoms with E-state index in [1.807, 2.05) is 30.3 Å². The maximum Gasteiger partial charge on any atom is 0.194 e. The van der Waals surface area contributed by atoms with Crippen molar-refractivity contribution in [2.45, 2.75) is 6.42 Å². The summed E-state index contributed by atoms with van der Waals surface area (Å²) in [5.74, 6) is 0.632. The van der Waals surface area contributed by atoms with Crippen molar-refractivity contribution in [2.75, 3.05) is 11.9 Å². The highest BCUT2D eigenvalue weighted by atomic mass is 32.1. The SMILES string of the molecule is NC1=NN(C(=S)Nc2ccccc2)CC1. The molecule has 5 heteroatoms. The Bertz CT molecular complexity index is 388. The van der Waals surface area contributed by atoms with Crippen LogP contribution in [0, 0.1) is 0 Å². The molecule has 1 aliphatic heterocycles. The Morgan fingerprint density at radius 3 is 2.73 bits per heavy atom. The molecule has 1 heterocycles. The van der Waals surface area contributed by atoms with Gasteiger partial charge in [-0.1, -0.05) is 18.2 Å². The molecule has 0 saturated carbocycles. The summed E-state index contributed by atoms with van der Waals surface area (Å²) in [6.45, 7) is 0.754. The first-order chi connectivity index (χ1) is 7.25. The quantitative estimate of drug-likeness (QED) is 0.702. The molecule has 0 spiro atoms. The number of benzene rings is 1. The summed E-state index contributed by atoms with van der Waals surface area (Å²) < 4.78 is 0. The Kier molecular flexibility index (Phi) is 2.82. The zero-order chi connectivity index (χ0) is 10.7. The van der Waals surface area contributed by atoms with Crippen LogP contribution in [-0.2, 0) is 0 Å². The van der Waals surface area contributed by atoms with E-state index in [2.05, 4.69) is 10.4 Å². The zero-order valence-electron chi connectivity index (χ0n) is 8.18. The molecule has 0 atom stereocenters. The molecular formula is C10H12N4S. The molecule has 0 unspecified atom stereocenters. The van der Waals surface area contributed by atoms with Gasteiger partial charge in [0.05, 0.1) is 6.54 Å². The third kappa shape index (κ3) is 2.44. The Hall–Kier alpha value is -1.62. The second kappa shape index (κ2) is 4.27. The highest BCUT2D eigenvalue weighted by Crippen LogP contribution is 2.09. The lowest BCUT2D eigenvalue weighted by Crippen LogP contribution is -2.28. The van der Waals surface area contributed by atoms with Crippen LogP contribution in [0.4, 0.5) is 5.69 Å². The fourth-order valence-corrected chi connectivity index (χ4v) is 1.58. The standard InChI is InChI=1S/C10H12N4S/c11-9-6-7-14(13-9)10(15)12-8-4-2-1-3-5-8/h1-5H,6-7H2,(H2,11,13)(H,12,15). The van der Waals surface area contributed by atoms with Gasteiger partial charge < -0.3 is 11.1 Å². The molecule has 0 aliphatic carbocycles. The molecule has 0 amide bonds. The summed E-state index contributed by atoms with van der Waals surface area (Å²) in [5.41, 5.74) is 6.54. The van der Waals surface area contributed by atoms with Gasteiger partial charge in [-0.3, -0.25) is 0 Å². The van der Waals surface area contributed by atoms with Crippen molar-refractivity contribution < 1.29 is 0 Å². The first-order valence-electron chi connectivity index (χ1n) is 4.72. The predicted molar refractivity (Wildman–Crippen MR) is 65.6 cm³/mol. The van der Waals surface area contributed by atoms with Crippen LogP contribution >= 0.6 is 12.2 Å². The molecule has 3 N–H and O–H groups in total. The Morgan fingerprint density at radius 2 is 2.13 bits per heavy atom. The molecule has 2 rings (SSSR count). The molecule has 0 radical (unpaired) electrons. The van der Waals surface area contributed by atoms with Gasteiger partial charge in [0.25, 0.3) is 0 Å². The van der Waals surface area contributed by atoms with Gasteiger partial charge in [0.2, 0.25) is 0 Å². The van der Waals surface area contributed by atoms with E-state index >= 15 is 0 Å². The number of nitrogens with two attached hydrogens (primary N) is 1. The fraction of sp³-hybridized carbons (Fsp3) is 0.200. The average molecular weight is 220 g/mol. The number of para-hydroxylation sites is 1. The number of nitrogens with one attached hydrogen (secondary N) is 1. The molecule has 15 heavy (non-hydrogen) atoms. The predicted octanol–water partition coefficient (Wildman–Crippen LogP) is 1.36. The van der Waals surface area contributed by atoms with Crippen LogP contribution in [-0.4, -0.2) is 22.5 Å². The van der Waals surface area contributed by atoms with Crippen LogP contribution in [0.25, 0.3) is 0 Å². The molecular weight excluding hydrogens is 208 g/mol. The molecule has 1 aromatic carbocycles. The van der Waals surface area contributed by atoms with E-state index in [4.69, 9.17) is 18.0 Å². The Balaban J connectivity index is 1.99. The third-order valence-electron chi connectivity index (χ3n) is 2.09. The Morgan fingerprint density at radius 1 is 1.40 bits per heavy atom. The van der Waals surface area contributed by atoms with Crippen molar-refractivity contribution in [1.82, 2.24) is 5.01 Å². The maximum absolute atomic E-state index is 5.58. The summed E-state index contributed by atoms with van der Waals surface area (Å²) >= 11 is 5.20. The zero-order valence-corrected chi connectivity index (χ0v) is 9.00. The number of hydrogen-bond acceptors (Lipinski definition) is 3. The van der Waals surface area contributed by atoms with Crippen molar-refractivity contribution in [1.29, 1.82) is 0 Å². The molecule has 4 nitrogen and oxygen atoms in total. The van der Waals surface area contributed by atoms with Crippen LogP contribution in [0.5, 0.6) is 0 Å². The number of hydrazone groups is 1. The number of nitrogens with zero attached hydrogens (tertiary/aromatic N) is 2. The van der Waals surface area contributed by atoms with Crippen LogP contribution in [0.2, 0.25) is 0 Å². The van der Waals surface area contributed by atoms with E-state index in [0.29, 0.717) is 10.9 Å². The molecule has 1 aliphatic rings. The number of hydrogen-bond donors (Lipinski definition) is 2. The second-order valence-corrected chi connectivity index (χ2v) is 3.65. The first kappa shape index (κ1) is 9.92. The summed E-state index contributed by atoms with van der Waals surface area (Å²) in [6.07, 6.45) is 0.774. The van der Waals surface area contributed by atoms with Gasteiger partial charge in [0, 0.05) is 12.1 Å². The van der Waals surface area contributed by atoms with Gasteiger partial charge in [0.15, 0.2) is 5.11 Å². The number of amidine groups is 1. The van der Waals surface area contributed by atoms with Crippen molar-refractivity contribution in [3.8, 4) is 0 Å². The lowest BCUT2D eigenvalue weighted by molar-refractivity contribution is 0.499. The molecule has 0 bridgehead atoms. The molecule has 0 fully saturated rings. The van der Waals surface area contributed by atoms with Crippen LogP contribution < -0.4 is 11.1 Å². The average Bonchev–Trinajstić information content (AvgIpc) is 2.66. The summed E-state index contributed by atoms with van der Waals surface area (Å²) in [5, 5.41) is 9.50. The lowest BCUT2D eigenvalue weighted by atomic mass is 10.3. The number of thiocarbonyl (C=S) groups is 1. The monoisotopic (exact) mass is 220 g/mol. The van der Waals surface area contributed by atoms with Crippen molar-refractivity contribution in [3.05, 3.63) is 30.3 Å². The minimum absolute atomic E-state index is 0.585. The smallest absolute Gasteiger partial charge is 0.194 e. The molecule has 1 aromatic rings. The summed E-state index contributed by atoms with van der Waals surface area (Å²) in [4.78, 5) is 0. The van der Waals surface area contributed by atoms with E-state index in [1.54, 1.807) is 5.01 Å².